The molecule has 88 valence electrons. The summed E-state index contributed by atoms with van der Waals surface area (Å²) in [5.74, 6) is 0.847. The largest absolute Gasteiger partial charge is 0.385 e. The van der Waals surface area contributed by atoms with Gasteiger partial charge in [0.15, 0.2) is 0 Å². The van der Waals surface area contributed by atoms with E-state index in [9.17, 15) is 0 Å². The Labute approximate surface area is 109 Å². The third-order valence-electron chi connectivity index (χ3n) is 2.37. The summed E-state index contributed by atoms with van der Waals surface area (Å²) in [6, 6.07) is 10.2. The maximum atomic E-state index is 4.29. The predicted octanol–water partition coefficient (Wildman–Crippen LogP) is 3.20. The molecule has 0 radical (unpaired) electrons. The van der Waals surface area contributed by atoms with Crippen molar-refractivity contribution in [1.82, 2.24) is 9.97 Å². The Hall–Kier alpha value is -1.42. The van der Waals surface area contributed by atoms with Crippen LogP contribution in [0.15, 0.2) is 41.1 Å². The SMILES string of the molecule is Cc1cccc(NCCc2nccc(Br)n2)c1. The molecular weight excluding hydrogens is 278 g/mol. The Morgan fingerprint density at radius 1 is 1.29 bits per heavy atom. The van der Waals surface area contributed by atoms with Crippen LogP contribution in [-0.2, 0) is 6.42 Å². The number of hydrogen-bond donors (Lipinski definition) is 1. The minimum absolute atomic E-state index is 0.813. The molecule has 2 aromatic rings. The van der Waals surface area contributed by atoms with E-state index in [2.05, 4.69) is 56.3 Å². The fraction of sp³-hybridized carbons (Fsp3) is 0.231. The number of rotatable bonds is 4. The lowest BCUT2D eigenvalue weighted by molar-refractivity contribution is 0.885. The highest BCUT2D eigenvalue weighted by Crippen LogP contribution is 2.09. The van der Waals surface area contributed by atoms with Gasteiger partial charge in [-0.3, -0.25) is 0 Å². The van der Waals surface area contributed by atoms with E-state index in [1.165, 1.54) is 5.56 Å². The van der Waals surface area contributed by atoms with Gasteiger partial charge in [0.1, 0.15) is 10.4 Å². The minimum atomic E-state index is 0.813. The number of aromatic nitrogens is 2. The number of hydrogen-bond acceptors (Lipinski definition) is 3. The van der Waals surface area contributed by atoms with Crippen molar-refractivity contribution in [2.75, 3.05) is 11.9 Å². The molecule has 0 aliphatic heterocycles. The van der Waals surface area contributed by atoms with E-state index in [-0.39, 0.29) is 0 Å². The van der Waals surface area contributed by atoms with Gasteiger partial charge in [-0.15, -0.1) is 0 Å². The molecule has 2 rings (SSSR count). The first kappa shape index (κ1) is 12.0. The third kappa shape index (κ3) is 3.82. The summed E-state index contributed by atoms with van der Waals surface area (Å²) in [6.07, 6.45) is 2.58. The fourth-order valence-corrected chi connectivity index (χ4v) is 1.89. The Morgan fingerprint density at radius 3 is 2.94 bits per heavy atom. The lowest BCUT2D eigenvalue weighted by atomic mass is 10.2. The zero-order chi connectivity index (χ0) is 12.1. The van der Waals surface area contributed by atoms with Crippen LogP contribution in [0.5, 0.6) is 0 Å². The van der Waals surface area contributed by atoms with Crippen LogP contribution in [0.3, 0.4) is 0 Å². The highest BCUT2D eigenvalue weighted by atomic mass is 79.9. The zero-order valence-electron chi connectivity index (χ0n) is 9.65. The number of anilines is 1. The molecule has 0 amide bonds. The van der Waals surface area contributed by atoms with E-state index in [4.69, 9.17) is 0 Å². The smallest absolute Gasteiger partial charge is 0.131 e. The van der Waals surface area contributed by atoms with Gasteiger partial charge < -0.3 is 5.32 Å². The van der Waals surface area contributed by atoms with Crippen molar-refractivity contribution in [2.24, 2.45) is 0 Å². The molecule has 0 atom stereocenters. The van der Waals surface area contributed by atoms with Gasteiger partial charge in [-0.1, -0.05) is 12.1 Å². The van der Waals surface area contributed by atoms with Crippen LogP contribution in [0.1, 0.15) is 11.4 Å². The first-order valence-corrected chi connectivity index (χ1v) is 6.31. The van der Waals surface area contributed by atoms with Crippen molar-refractivity contribution in [2.45, 2.75) is 13.3 Å². The summed E-state index contributed by atoms with van der Waals surface area (Å²) in [5.41, 5.74) is 2.40. The normalized spacial score (nSPS) is 10.2. The highest BCUT2D eigenvalue weighted by molar-refractivity contribution is 9.10. The maximum absolute atomic E-state index is 4.29. The van der Waals surface area contributed by atoms with E-state index in [0.717, 1.165) is 29.1 Å². The number of aryl methyl sites for hydroxylation is 1. The van der Waals surface area contributed by atoms with Gasteiger partial charge in [0, 0.05) is 24.8 Å². The second kappa shape index (κ2) is 5.77. The minimum Gasteiger partial charge on any atom is -0.385 e. The van der Waals surface area contributed by atoms with Gasteiger partial charge >= 0.3 is 0 Å². The second-order valence-electron chi connectivity index (χ2n) is 3.84. The number of benzene rings is 1. The van der Waals surface area contributed by atoms with Crippen LogP contribution >= 0.6 is 15.9 Å². The van der Waals surface area contributed by atoms with Crippen LogP contribution in [0.4, 0.5) is 5.69 Å². The van der Waals surface area contributed by atoms with Crippen LogP contribution in [-0.4, -0.2) is 16.5 Å². The van der Waals surface area contributed by atoms with Crippen molar-refractivity contribution in [3.63, 3.8) is 0 Å². The molecule has 0 saturated carbocycles. The molecule has 1 N–H and O–H groups in total. The first-order valence-electron chi connectivity index (χ1n) is 5.52. The summed E-state index contributed by atoms with van der Waals surface area (Å²) >= 11 is 3.34. The summed E-state index contributed by atoms with van der Waals surface area (Å²) in [7, 11) is 0. The maximum Gasteiger partial charge on any atom is 0.131 e. The van der Waals surface area contributed by atoms with E-state index in [1.807, 2.05) is 12.1 Å². The predicted molar refractivity (Wildman–Crippen MR) is 73.1 cm³/mol. The van der Waals surface area contributed by atoms with Crippen molar-refractivity contribution in [1.29, 1.82) is 0 Å². The molecule has 0 aliphatic rings. The van der Waals surface area contributed by atoms with Gasteiger partial charge in [0.2, 0.25) is 0 Å². The Bertz CT molecular complexity index is 454. The lowest BCUT2D eigenvalue weighted by Gasteiger charge is -2.06. The number of halogens is 1. The van der Waals surface area contributed by atoms with Crippen LogP contribution in [0.2, 0.25) is 0 Å². The molecule has 0 unspecified atom stereocenters. The van der Waals surface area contributed by atoms with Gasteiger partial charge in [0.25, 0.3) is 0 Å². The second-order valence-corrected chi connectivity index (χ2v) is 4.65. The van der Waals surface area contributed by atoms with Crippen LogP contribution in [0, 0.1) is 6.92 Å². The summed E-state index contributed by atoms with van der Waals surface area (Å²) in [4.78, 5) is 8.49. The van der Waals surface area contributed by atoms with Crippen molar-refractivity contribution >= 4 is 21.6 Å². The third-order valence-corrected chi connectivity index (χ3v) is 2.81. The van der Waals surface area contributed by atoms with E-state index < -0.39 is 0 Å². The standard InChI is InChI=1S/C13H14BrN3/c1-10-3-2-4-11(9-10)15-8-6-13-16-7-5-12(14)17-13/h2-5,7,9,15H,6,8H2,1H3. The molecule has 1 aromatic carbocycles. The molecule has 4 heteroatoms. The van der Waals surface area contributed by atoms with Crippen LogP contribution in [0.25, 0.3) is 0 Å². The molecule has 3 nitrogen and oxygen atoms in total. The number of nitrogens with one attached hydrogen (secondary N) is 1. The molecule has 0 aliphatic carbocycles. The quantitative estimate of drug-likeness (QED) is 0.879. The Balaban J connectivity index is 1.87. The molecule has 1 heterocycles. The topological polar surface area (TPSA) is 37.8 Å². The molecule has 1 aromatic heterocycles. The zero-order valence-corrected chi connectivity index (χ0v) is 11.2. The average Bonchev–Trinajstić information content (AvgIpc) is 2.29. The molecule has 17 heavy (non-hydrogen) atoms. The van der Waals surface area contributed by atoms with Crippen LogP contribution < -0.4 is 5.32 Å². The van der Waals surface area contributed by atoms with Gasteiger partial charge in [0.05, 0.1) is 0 Å². The van der Waals surface area contributed by atoms with E-state index >= 15 is 0 Å². The summed E-state index contributed by atoms with van der Waals surface area (Å²) < 4.78 is 0.832. The van der Waals surface area contributed by atoms with Gasteiger partial charge in [-0.25, -0.2) is 9.97 Å². The number of nitrogens with zero attached hydrogens (tertiary/aromatic N) is 2. The molecule has 0 bridgehead atoms. The summed E-state index contributed by atoms with van der Waals surface area (Å²) in [5, 5.41) is 3.36. The van der Waals surface area contributed by atoms with Gasteiger partial charge in [-0.05, 0) is 46.6 Å². The molecule has 0 saturated heterocycles. The highest BCUT2D eigenvalue weighted by Gasteiger charge is 1.97. The Morgan fingerprint density at radius 2 is 2.18 bits per heavy atom. The van der Waals surface area contributed by atoms with Crippen molar-refractivity contribution < 1.29 is 0 Å². The van der Waals surface area contributed by atoms with Gasteiger partial charge in [-0.2, -0.15) is 0 Å². The molecule has 0 spiro atoms. The molecule has 0 fully saturated rings. The molecular formula is C13H14BrN3. The lowest BCUT2D eigenvalue weighted by Crippen LogP contribution is -2.07. The van der Waals surface area contributed by atoms with Crippen molar-refractivity contribution in [3.8, 4) is 0 Å². The van der Waals surface area contributed by atoms with E-state index in [0.29, 0.717) is 0 Å². The van der Waals surface area contributed by atoms with Crippen molar-refractivity contribution in [3.05, 3.63) is 52.5 Å². The monoisotopic (exact) mass is 291 g/mol. The first-order chi connectivity index (χ1) is 8.24. The fourth-order valence-electron chi connectivity index (χ4n) is 1.57. The Kier molecular flexibility index (Phi) is 4.09. The average molecular weight is 292 g/mol. The van der Waals surface area contributed by atoms with E-state index in [1.54, 1.807) is 6.20 Å². The summed E-state index contributed by atoms with van der Waals surface area (Å²) in [6.45, 7) is 2.92.